The van der Waals surface area contributed by atoms with Gasteiger partial charge in [-0.3, -0.25) is 9.67 Å². The minimum atomic E-state index is 0. The molecule has 5 nitrogen and oxygen atoms in total. The summed E-state index contributed by atoms with van der Waals surface area (Å²) in [6.45, 7) is 3.87. The van der Waals surface area contributed by atoms with Crippen molar-refractivity contribution >= 4 is 29.9 Å². The highest BCUT2D eigenvalue weighted by atomic mass is 127. The molecule has 0 bridgehead atoms. The van der Waals surface area contributed by atoms with Crippen molar-refractivity contribution < 1.29 is 0 Å². The van der Waals surface area contributed by atoms with Gasteiger partial charge in [-0.05, 0) is 38.2 Å². The number of rotatable bonds is 6. The van der Waals surface area contributed by atoms with E-state index in [1.807, 2.05) is 17.9 Å². The van der Waals surface area contributed by atoms with Crippen LogP contribution in [0.25, 0.3) is 0 Å². The van der Waals surface area contributed by atoms with Gasteiger partial charge in [0.05, 0.1) is 6.20 Å². The van der Waals surface area contributed by atoms with E-state index in [0.29, 0.717) is 6.04 Å². The number of aliphatic imine (C=N–C) groups is 1. The van der Waals surface area contributed by atoms with E-state index in [1.54, 1.807) is 0 Å². The van der Waals surface area contributed by atoms with Crippen LogP contribution in [0.3, 0.4) is 0 Å². The zero-order valence-corrected chi connectivity index (χ0v) is 14.1. The molecule has 0 amide bonds. The van der Waals surface area contributed by atoms with Gasteiger partial charge in [0.1, 0.15) is 0 Å². The van der Waals surface area contributed by atoms with Crippen molar-refractivity contribution in [2.75, 3.05) is 13.1 Å². The maximum atomic E-state index is 4.58. The summed E-state index contributed by atoms with van der Waals surface area (Å²) in [6.07, 6.45) is 8.65. The van der Waals surface area contributed by atoms with Crippen molar-refractivity contribution in [1.29, 1.82) is 0 Å². The first-order chi connectivity index (χ1) is 8.78. The number of aryl methyl sites for hydroxylation is 2. The predicted octanol–water partition coefficient (Wildman–Crippen LogP) is 1.69. The molecule has 108 valence electrons. The van der Waals surface area contributed by atoms with Crippen LogP contribution >= 0.6 is 24.0 Å². The van der Waals surface area contributed by atoms with Gasteiger partial charge in [0.15, 0.2) is 5.96 Å². The standard InChI is InChI=1S/C13H23N5.HI/c1-3-14-13(17-12-6-7-12)15-8-4-5-11-9-16-18(2)10-11;/h9-10,12H,3-8H2,1-2H3,(H2,14,15,17);1H. The second-order valence-corrected chi connectivity index (χ2v) is 4.81. The number of hydrogen-bond acceptors (Lipinski definition) is 2. The predicted molar refractivity (Wildman–Crippen MR) is 89.1 cm³/mol. The van der Waals surface area contributed by atoms with Crippen molar-refractivity contribution in [1.82, 2.24) is 20.4 Å². The molecule has 0 unspecified atom stereocenters. The summed E-state index contributed by atoms with van der Waals surface area (Å²) in [6, 6.07) is 0.654. The van der Waals surface area contributed by atoms with Gasteiger partial charge in [0, 0.05) is 32.4 Å². The van der Waals surface area contributed by atoms with Crippen molar-refractivity contribution in [2.24, 2.45) is 12.0 Å². The van der Waals surface area contributed by atoms with Crippen LogP contribution in [0.4, 0.5) is 0 Å². The van der Waals surface area contributed by atoms with Crippen LogP contribution in [0.15, 0.2) is 17.4 Å². The van der Waals surface area contributed by atoms with Crippen LogP contribution in [-0.4, -0.2) is 34.9 Å². The van der Waals surface area contributed by atoms with Crippen LogP contribution in [-0.2, 0) is 13.5 Å². The molecule has 1 heterocycles. The van der Waals surface area contributed by atoms with Gasteiger partial charge in [-0.1, -0.05) is 0 Å². The molecule has 6 heteroatoms. The fourth-order valence-corrected chi connectivity index (χ4v) is 1.82. The molecule has 1 aromatic heterocycles. The Balaban J connectivity index is 0.00000180. The molecule has 1 aromatic rings. The number of guanidine groups is 1. The van der Waals surface area contributed by atoms with E-state index in [0.717, 1.165) is 31.9 Å². The number of aromatic nitrogens is 2. The molecule has 2 N–H and O–H groups in total. The zero-order chi connectivity index (χ0) is 12.8. The lowest BCUT2D eigenvalue weighted by atomic mass is 10.2. The largest absolute Gasteiger partial charge is 0.357 e. The van der Waals surface area contributed by atoms with Crippen molar-refractivity contribution in [3.8, 4) is 0 Å². The van der Waals surface area contributed by atoms with E-state index in [1.165, 1.54) is 18.4 Å². The highest BCUT2D eigenvalue weighted by Gasteiger charge is 2.21. The quantitative estimate of drug-likeness (QED) is 0.343. The number of nitrogens with one attached hydrogen (secondary N) is 2. The first-order valence-corrected chi connectivity index (χ1v) is 6.80. The number of nitrogens with zero attached hydrogens (tertiary/aromatic N) is 3. The maximum Gasteiger partial charge on any atom is 0.191 e. The van der Waals surface area contributed by atoms with E-state index in [2.05, 4.69) is 33.8 Å². The molecule has 0 aromatic carbocycles. The Morgan fingerprint density at radius 1 is 1.53 bits per heavy atom. The third kappa shape index (κ3) is 6.26. The highest BCUT2D eigenvalue weighted by molar-refractivity contribution is 14.0. The van der Waals surface area contributed by atoms with E-state index in [4.69, 9.17) is 0 Å². The summed E-state index contributed by atoms with van der Waals surface area (Å²) in [4.78, 5) is 4.58. The summed E-state index contributed by atoms with van der Waals surface area (Å²) in [5.41, 5.74) is 1.29. The smallest absolute Gasteiger partial charge is 0.191 e. The monoisotopic (exact) mass is 377 g/mol. The second-order valence-electron chi connectivity index (χ2n) is 4.81. The Bertz CT molecular complexity index is 397. The molecule has 19 heavy (non-hydrogen) atoms. The van der Waals surface area contributed by atoms with Crippen LogP contribution in [0, 0.1) is 0 Å². The summed E-state index contributed by atoms with van der Waals surface area (Å²) in [5, 5.41) is 10.9. The Morgan fingerprint density at radius 3 is 2.89 bits per heavy atom. The summed E-state index contributed by atoms with van der Waals surface area (Å²) in [5.74, 6) is 0.964. The van der Waals surface area contributed by atoms with Gasteiger partial charge in [-0.15, -0.1) is 24.0 Å². The molecule has 1 aliphatic rings. The van der Waals surface area contributed by atoms with Gasteiger partial charge in [0.2, 0.25) is 0 Å². The fourth-order valence-electron chi connectivity index (χ4n) is 1.82. The minimum absolute atomic E-state index is 0. The molecular weight excluding hydrogens is 353 g/mol. The van der Waals surface area contributed by atoms with E-state index in [-0.39, 0.29) is 24.0 Å². The first-order valence-electron chi connectivity index (χ1n) is 6.80. The number of halogens is 1. The van der Waals surface area contributed by atoms with Crippen molar-refractivity contribution in [2.45, 2.75) is 38.6 Å². The van der Waals surface area contributed by atoms with Crippen LogP contribution in [0.5, 0.6) is 0 Å². The van der Waals surface area contributed by atoms with Crippen LogP contribution < -0.4 is 10.6 Å². The average Bonchev–Trinajstić information content (AvgIpc) is 3.06. The van der Waals surface area contributed by atoms with E-state index >= 15 is 0 Å². The normalized spacial score (nSPS) is 14.9. The Kier molecular flexibility index (Phi) is 7.19. The van der Waals surface area contributed by atoms with E-state index in [9.17, 15) is 0 Å². The summed E-state index contributed by atoms with van der Waals surface area (Å²) >= 11 is 0. The molecular formula is C13H24IN5. The van der Waals surface area contributed by atoms with Gasteiger partial charge < -0.3 is 10.6 Å². The van der Waals surface area contributed by atoms with Crippen LogP contribution in [0.1, 0.15) is 31.7 Å². The SMILES string of the molecule is CCNC(=NCCCc1cnn(C)c1)NC1CC1.I. The molecule has 0 aliphatic heterocycles. The number of hydrogen-bond donors (Lipinski definition) is 2. The Hall–Kier alpha value is -0.790. The highest BCUT2D eigenvalue weighted by Crippen LogP contribution is 2.18. The lowest BCUT2D eigenvalue weighted by molar-refractivity contribution is 0.763. The molecule has 1 aliphatic carbocycles. The molecule has 0 radical (unpaired) electrons. The zero-order valence-electron chi connectivity index (χ0n) is 11.7. The lowest BCUT2D eigenvalue weighted by Crippen LogP contribution is -2.38. The average molecular weight is 377 g/mol. The van der Waals surface area contributed by atoms with Gasteiger partial charge in [-0.2, -0.15) is 5.10 Å². The lowest BCUT2D eigenvalue weighted by Gasteiger charge is -2.09. The molecule has 0 atom stereocenters. The molecule has 2 rings (SSSR count). The first kappa shape index (κ1) is 16.3. The van der Waals surface area contributed by atoms with Crippen molar-refractivity contribution in [3.63, 3.8) is 0 Å². The van der Waals surface area contributed by atoms with Gasteiger partial charge in [-0.25, -0.2) is 0 Å². The van der Waals surface area contributed by atoms with Crippen LogP contribution in [0.2, 0.25) is 0 Å². The molecule has 0 spiro atoms. The molecule has 1 fully saturated rings. The Morgan fingerprint density at radius 2 is 2.32 bits per heavy atom. The Labute approximate surface area is 132 Å². The minimum Gasteiger partial charge on any atom is -0.357 e. The molecule has 0 saturated heterocycles. The fraction of sp³-hybridized carbons (Fsp3) is 0.692. The van der Waals surface area contributed by atoms with Gasteiger partial charge >= 0.3 is 0 Å². The summed E-state index contributed by atoms with van der Waals surface area (Å²) in [7, 11) is 1.95. The van der Waals surface area contributed by atoms with Gasteiger partial charge in [0.25, 0.3) is 0 Å². The topological polar surface area (TPSA) is 54.2 Å². The third-order valence-electron chi connectivity index (χ3n) is 2.91. The van der Waals surface area contributed by atoms with Crippen molar-refractivity contribution in [3.05, 3.63) is 18.0 Å². The van der Waals surface area contributed by atoms with E-state index < -0.39 is 0 Å². The molecule has 1 saturated carbocycles. The second kappa shape index (κ2) is 8.39. The third-order valence-corrected chi connectivity index (χ3v) is 2.91. The summed E-state index contributed by atoms with van der Waals surface area (Å²) < 4.78 is 1.84. The maximum absolute atomic E-state index is 4.58.